The Kier molecular flexibility index (Phi) is 8.34. The molecule has 1 aliphatic heterocycles. The zero-order chi connectivity index (χ0) is 20.1. The fraction of sp³-hybridized carbons (Fsp3) is 0.429. The summed E-state index contributed by atoms with van der Waals surface area (Å²) in [5.41, 5.74) is 3.46. The van der Waals surface area contributed by atoms with E-state index in [1.807, 2.05) is 19.1 Å². The largest absolute Gasteiger partial charge is 0.493 e. The summed E-state index contributed by atoms with van der Waals surface area (Å²) in [7, 11) is -0.156. The van der Waals surface area contributed by atoms with Crippen LogP contribution in [0.5, 0.6) is 11.5 Å². The standard InChI is InChI=1S/C21H28N2O4S.ClH/c1-16-6-4-7-19(12-16)28(24,25)22-9-5-10-23-11-8-17-13-20(26-2)21(27-3)14-18(17)15-23;/h4,6-7,12-14,22H,5,8-11,15H2,1-3H3;1H. The summed E-state index contributed by atoms with van der Waals surface area (Å²) < 4.78 is 38.2. The Labute approximate surface area is 179 Å². The lowest BCUT2D eigenvalue weighted by Gasteiger charge is -2.29. The molecule has 0 spiro atoms. The van der Waals surface area contributed by atoms with Crippen LogP contribution in [-0.2, 0) is 23.0 Å². The second-order valence-corrected chi connectivity index (χ2v) is 8.84. The molecule has 1 aliphatic rings. The maximum Gasteiger partial charge on any atom is 0.240 e. The molecule has 0 amide bonds. The Morgan fingerprint density at radius 3 is 2.41 bits per heavy atom. The van der Waals surface area contributed by atoms with E-state index in [9.17, 15) is 8.42 Å². The minimum atomic E-state index is -3.45. The van der Waals surface area contributed by atoms with Gasteiger partial charge in [0.25, 0.3) is 0 Å². The van der Waals surface area contributed by atoms with E-state index in [4.69, 9.17) is 9.47 Å². The number of nitrogens with one attached hydrogen (secondary N) is 1. The molecule has 0 atom stereocenters. The Morgan fingerprint density at radius 1 is 1.07 bits per heavy atom. The number of hydrogen-bond donors (Lipinski definition) is 1. The molecule has 2 aromatic rings. The number of benzene rings is 2. The summed E-state index contributed by atoms with van der Waals surface area (Å²) in [5.74, 6) is 1.51. The Morgan fingerprint density at radius 2 is 1.76 bits per heavy atom. The van der Waals surface area contributed by atoms with Gasteiger partial charge >= 0.3 is 0 Å². The first kappa shape index (κ1) is 23.5. The van der Waals surface area contributed by atoms with E-state index < -0.39 is 10.0 Å². The van der Waals surface area contributed by atoms with E-state index in [0.717, 1.165) is 49.5 Å². The summed E-state index contributed by atoms with van der Waals surface area (Å²) >= 11 is 0. The van der Waals surface area contributed by atoms with Crippen molar-refractivity contribution in [3.63, 3.8) is 0 Å². The highest BCUT2D eigenvalue weighted by molar-refractivity contribution is 7.89. The summed E-state index contributed by atoms with van der Waals surface area (Å²) in [6.07, 6.45) is 1.71. The third-order valence-electron chi connectivity index (χ3n) is 5.04. The van der Waals surface area contributed by atoms with Gasteiger partial charge in [-0.2, -0.15) is 0 Å². The fourth-order valence-electron chi connectivity index (χ4n) is 3.51. The number of fused-ring (bicyclic) bond motifs is 1. The Hall–Kier alpha value is -1.80. The lowest BCUT2D eigenvalue weighted by molar-refractivity contribution is 0.250. The zero-order valence-corrected chi connectivity index (χ0v) is 18.7. The molecule has 6 nitrogen and oxygen atoms in total. The normalized spacial score (nSPS) is 14.0. The number of ether oxygens (including phenoxy) is 2. The number of sulfonamides is 1. The molecular weight excluding hydrogens is 412 g/mol. The van der Waals surface area contributed by atoms with Crippen LogP contribution in [0.2, 0.25) is 0 Å². The van der Waals surface area contributed by atoms with Gasteiger partial charge in [0.1, 0.15) is 0 Å². The van der Waals surface area contributed by atoms with Crippen molar-refractivity contribution in [2.75, 3.05) is 33.9 Å². The van der Waals surface area contributed by atoms with Gasteiger partial charge in [0.15, 0.2) is 11.5 Å². The third kappa shape index (κ3) is 5.85. The lowest BCUT2D eigenvalue weighted by Crippen LogP contribution is -2.33. The zero-order valence-electron chi connectivity index (χ0n) is 17.1. The van der Waals surface area contributed by atoms with Crippen molar-refractivity contribution < 1.29 is 17.9 Å². The van der Waals surface area contributed by atoms with Crippen molar-refractivity contribution >= 4 is 22.4 Å². The molecule has 0 fully saturated rings. The second kappa shape index (κ2) is 10.3. The number of rotatable bonds is 8. The summed E-state index contributed by atoms with van der Waals surface area (Å²) in [6, 6.07) is 11.1. The van der Waals surface area contributed by atoms with Crippen LogP contribution in [-0.4, -0.2) is 47.2 Å². The molecule has 0 aliphatic carbocycles. The van der Waals surface area contributed by atoms with Crippen LogP contribution in [0.3, 0.4) is 0 Å². The molecule has 0 saturated heterocycles. The SMILES string of the molecule is COc1cc2c(cc1OC)CN(CCCNS(=O)(=O)c1cccc(C)c1)CC2.Cl. The number of halogens is 1. The van der Waals surface area contributed by atoms with Gasteiger partial charge in [0.2, 0.25) is 10.0 Å². The van der Waals surface area contributed by atoms with E-state index in [-0.39, 0.29) is 12.4 Å². The first-order valence-corrected chi connectivity index (χ1v) is 10.9. The lowest BCUT2D eigenvalue weighted by atomic mass is 9.98. The van der Waals surface area contributed by atoms with Crippen LogP contribution < -0.4 is 14.2 Å². The molecule has 0 bridgehead atoms. The van der Waals surface area contributed by atoms with E-state index in [2.05, 4.69) is 15.7 Å². The highest BCUT2D eigenvalue weighted by atomic mass is 35.5. The van der Waals surface area contributed by atoms with Gasteiger partial charge in [0, 0.05) is 19.6 Å². The molecule has 1 heterocycles. The minimum Gasteiger partial charge on any atom is -0.493 e. The van der Waals surface area contributed by atoms with Gasteiger partial charge < -0.3 is 9.47 Å². The van der Waals surface area contributed by atoms with Gasteiger partial charge in [-0.3, -0.25) is 4.90 Å². The van der Waals surface area contributed by atoms with Crippen LogP contribution >= 0.6 is 12.4 Å². The summed E-state index contributed by atoms with van der Waals surface area (Å²) in [5, 5.41) is 0. The van der Waals surface area contributed by atoms with Crippen molar-refractivity contribution in [2.45, 2.75) is 31.2 Å². The molecule has 1 N–H and O–H groups in total. The highest BCUT2D eigenvalue weighted by Gasteiger charge is 2.19. The summed E-state index contributed by atoms with van der Waals surface area (Å²) in [4.78, 5) is 2.66. The predicted molar refractivity (Wildman–Crippen MR) is 117 cm³/mol. The van der Waals surface area contributed by atoms with Crippen LogP contribution in [0.4, 0.5) is 0 Å². The maximum absolute atomic E-state index is 12.4. The number of aryl methyl sites for hydroxylation is 1. The Balaban J connectivity index is 0.00000300. The molecule has 3 rings (SSSR count). The van der Waals surface area contributed by atoms with Gasteiger partial charge in [0.05, 0.1) is 19.1 Å². The van der Waals surface area contributed by atoms with Crippen LogP contribution in [0, 0.1) is 6.92 Å². The number of hydrogen-bond acceptors (Lipinski definition) is 5. The van der Waals surface area contributed by atoms with Crippen molar-refractivity contribution in [1.82, 2.24) is 9.62 Å². The van der Waals surface area contributed by atoms with E-state index in [0.29, 0.717) is 11.4 Å². The van der Waals surface area contributed by atoms with E-state index >= 15 is 0 Å². The molecular formula is C21H29ClN2O4S. The van der Waals surface area contributed by atoms with Crippen molar-refractivity contribution in [2.24, 2.45) is 0 Å². The maximum atomic E-state index is 12.4. The van der Waals surface area contributed by atoms with Crippen molar-refractivity contribution in [1.29, 1.82) is 0 Å². The van der Waals surface area contributed by atoms with Crippen molar-refractivity contribution in [3.05, 3.63) is 53.1 Å². The van der Waals surface area contributed by atoms with Gasteiger partial charge in [-0.05, 0) is 67.3 Å². The quantitative estimate of drug-likeness (QED) is 0.638. The van der Waals surface area contributed by atoms with Crippen LogP contribution in [0.15, 0.2) is 41.3 Å². The molecule has 160 valence electrons. The molecule has 8 heteroatoms. The molecule has 0 aromatic heterocycles. The molecule has 0 saturated carbocycles. The van der Waals surface area contributed by atoms with Gasteiger partial charge in [-0.1, -0.05) is 12.1 Å². The van der Waals surface area contributed by atoms with E-state index in [1.165, 1.54) is 11.1 Å². The average Bonchev–Trinajstić information content (AvgIpc) is 2.70. The van der Waals surface area contributed by atoms with Gasteiger partial charge in [-0.15, -0.1) is 12.4 Å². The summed E-state index contributed by atoms with van der Waals surface area (Å²) in [6.45, 7) is 4.93. The molecule has 0 unspecified atom stereocenters. The van der Waals surface area contributed by atoms with Crippen LogP contribution in [0.25, 0.3) is 0 Å². The molecule has 2 aromatic carbocycles. The Bertz CT molecular complexity index is 934. The van der Waals surface area contributed by atoms with Gasteiger partial charge in [-0.25, -0.2) is 13.1 Å². The minimum absolute atomic E-state index is 0. The van der Waals surface area contributed by atoms with E-state index in [1.54, 1.807) is 32.4 Å². The number of methoxy groups -OCH3 is 2. The second-order valence-electron chi connectivity index (χ2n) is 7.07. The third-order valence-corrected chi connectivity index (χ3v) is 6.50. The fourth-order valence-corrected chi connectivity index (χ4v) is 4.69. The molecule has 29 heavy (non-hydrogen) atoms. The highest BCUT2D eigenvalue weighted by Crippen LogP contribution is 2.33. The number of nitrogens with zero attached hydrogens (tertiary/aromatic N) is 1. The smallest absolute Gasteiger partial charge is 0.240 e. The monoisotopic (exact) mass is 440 g/mol. The molecule has 0 radical (unpaired) electrons. The van der Waals surface area contributed by atoms with Crippen molar-refractivity contribution in [3.8, 4) is 11.5 Å². The first-order chi connectivity index (χ1) is 13.4. The first-order valence-electron chi connectivity index (χ1n) is 9.45. The topological polar surface area (TPSA) is 67.9 Å². The predicted octanol–water partition coefficient (Wildman–Crippen LogP) is 3.16. The van der Waals surface area contributed by atoms with Crippen LogP contribution in [0.1, 0.15) is 23.1 Å². The average molecular weight is 441 g/mol.